The number of nitrogens with one attached hydrogen (secondary N) is 8. The standard InChI is InChI=1S/C40H59N11O10/c1-22(2)18-28-38(60)51-17-9-14-30(51)39(61)50-16-8-13-29(50)37(59)45-23(3)33(55)48-26(19-24-10-5-4-6-11-24)35(57)47-25(12-7-15-43-40(41)42)34(56)44-21-31(52)46-27(20-32(53)54)36(58)49-28/h4-6,10-11,22-23,25-30H,7-9,12-21H2,1-3H3,(H,44,56)(H,45,59)(H,46,52)(H,47,57)(H,48,55)(H,49,58)(H,53,54)(H4,41,42,43)/t23-,25-,26-,27-,28-,29-,30+/m0/s1. The molecule has 0 aromatic heterocycles. The summed E-state index contributed by atoms with van der Waals surface area (Å²) in [6.45, 7) is 4.85. The highest BCUT2D eigenvalue weighted by atomic mass is 16.4. The number of nitrogens with two attached hydrogens (primary N) is 1. The lowest BCUT2D eigenvalue weighted by atomic mass is 10.0. The molecule has 3 fully saturated rings. The number of benzene rings is 1. The van der Waals surface area contributed by atoms with Crippen LogP contribution in [0.1, 0.15) is 77.7 Å². The van der Waals surface area contributed by atoms with Gasteiger partial charge >= 0.3 is 5.97 Å². The first-order chi connectivity index (χ1) is 28.9. The molecule has 0 aliphatic carbocycles. The molecule has 3 aliphatic rings. The van der Waals surface area contributed by atoms with Gasteiger partial charge < -0.3 is 57.9 Å². The van der Waals surface area contributed by atoms with Crippen molar-refractivity contribution in [1.82, 2.24) is 47.0 Å². The Morgan fingerprint density at radius 2 is 1.39 bits per heavy atom. The van der Waals surface area contributed by atoms with Gasteiger partial charge in [-0.1, -0.05) is 44.2 Å². The maximum absolute atomic E-state index is 14.2. The molecule has 1 aromatic carbocycles. The fourth-order valence-electron chi connectivity index (χ4n) is 7.67. The summed E-state index contributed by atoms with van der Waals surface area (Å²) in [5, 5.41) is 35.0. The largest absolute Gasteiger partial charge is 0.481 e. The first kappa shape index (κ1) is 47.4. The molecular formula is C40H59N11O10. The van der Waals surface area contributed by atoms with Crippen molar-refractivity contribution in [1.29, 1.82) is 5.41 Å². The summed E-state index contributed by atoms with van der Waals surface area (Å²) in [4.78, 5) is 125. The third kappa shape index (κ3) is 13.9. The minimum Gasteiger partial charge on any atom is -0.481 e. The van der Waals surface area contributed by atoms with E-state index in [2.05, 4.69) is 37.2 Å². The number of carboxylic acid groups (broad SMARTS) is 1. The average Bonchev–Trinajstić information content (AvgIpc) is 3.90. The zero-order valence-electron chi connectivity index (χ0n) is 34.8. The van der Waals surface area contributed by atoms with Gasteiger partial charge in [-0.15, -0.1) is 0 Å². The van der Waals surface area contributed by atoms with Crippen LogP contribution in [0.25, 0.3) is 0 Å². The van der Waals surface area contributed by atoms with E-state index in [1.165, 1.54) is 16.7 Å². The second-order valence-electron chi connectivity index (χ2n) is 16.0. The van der Waals surface area contributed by atoms with Gasteiger partial charge in [0, 0.05) is 26.1 Å². The molecule has 0 bridgehead atoms. The molecule has 3 saturated heterocycles. The summed E-state index contributed by atoms with van der Waals surface area (Å²) in [7, 11) is 0. The Balaban J connectivity index is 1.69. The molecule has 8 amide bonds. The van der Waals surface area contributed by atoms with Crippen molar-refractivity contribution in [2.24, 2.45) is 11.7 Å². The first-order valence-electron chi connectivity index (χ1n) is 20.7. The Morgan fingerprint density at radius 1 is 0.787 bits per heavy atom. The van der Waals surface area contributed by atoms with Gasteiger partial charge in [0.25, 0.3) is 0 Å². The predicted octanol–water partition coefficient (Wildman–Crippen LogP) is -2.43. The van der Waals surface area contributed by atoms with Crippen molar-refractivity contribution in [3.63, 3.8) is 0 Å². The quantitative estimate of drug-likeness (QED) is 0.0668. The molecule has 0 unspecified atom stereocenters. The number of rotatable bonds is 10. The van der Waals surface area contributed by atoms with Crippen LogP contribution in [0.15, 0.2) is 30.3 Å². The smallest absolute Gasteiger partial charge is 0.305 e. The molecule has 3 heterocycles. The van der Waals surface area contributed by atoms with Gasteiger partial charge in [0.1, 0.15) is 42.3 Å². The molecule has 0 radical (unpaired) electrons. The summed E-state index contributed by atoms with van der Waals surface area (Å²) in [6, 6.07) is 0.193. The number of hydrogen-bond acceptors (Lipinski definition) is 10. The zero-order chi connectivity index (χ0) is 44.8. The van der Waals surface area contributed by atoms with Crippen LogP contribution in [-0.4, -0.2) is 143 Å². The predicted molar refractivity (Wildman–Crippen MR) is 219 cm³/mol. The third-order valence-electron chi connectivity index (χ3n) is 10.7. The molecule has 3 aliphatic heterocycles. The van der Waals surface area contributed by atoms with Gasteiger partial charge in [-0.25, -0.2) is 0 Å². The number of guanidine groups is 1. The monoisotopic (exact) mass is 853 g/mol. The van der Waals surface area contributed by atoms with E-state index in [1.807, 2.05) is 13.8 Å². The van der Waals surface area contributed by atoms with Crippen molar-refractivity contribution < 1.29 is 48.3 Å². The van der Waals surface area contributed by atoms with E-state index >= 15 is 0 Å². The Labute approximate surface area is 353 Å². The maximum atomic E-state index is 14.2. The Kier molecular flexibility index (Phi) is 17.4. The minimum atomic E-state index is -1.67. The number of carbonyl (C=O) groups is 9. The third-order valence-corrected chi connectivity index (χ3v) is 10.7. The van der Waals surface area contributed by atoms with Crippen molar-refractivity contribution in [3.05, 3.63) is 35.9 Å². The number of amides is 8. The SMILES string of the molecule is CC(C)C[C@@H]1NC(=O)[C@H](CC(=O)O)NC(=O)CNC(=O)[C@H](CCCNC(=N)N)NC(=O)[C@H](Cc2ccccc2)NC(=O)[C@H](C)NC(=O)[C@@H]2CCCN2C(=O)[C@H]2CCCN2C1=O. The summed E-state index contributed by atoms with van der Waals surface area (Å²) in [5.41, 5.74) is 6.05. The molecule has 21 heteroatoms. The van der Waals surface area contributed by atoms with Crippen molar-refractivity contribution >= 4 is 59.2 Å². The molecule has 0 spiro atoms. The van der Waals surface area contributed by atoms with Crippen LogP contribution in [0, 0.1) is 11.3 Å². The second-order valence-corrected chi connectivity index (χ2v) is 16.0. The Hall–Kier alpha value is -6.28. The highest BCUT2D eigenvalue weighted by Crippen LogP contribution is 2.26. The van der Waals surface area contributed by atoms with E-state index in [4.69, 9.17) is 11.1 Å². The van der Waals surface area contributed by atoms with Crippen LogP contribution in [0.4, 0.5) is 0 Å². The first-order valence-corrected chi connectivity index (χ1v) is 20.7. The van der Waals surface area contributed by atoms with Crippen LogP contribution in [0.2, 0.25) is 0 Å². The molecule has 334 valence electrons. The second kappa shape index (κ2) is 22.4. The number of carboxylic acids is 1. The van der Waals surface area contributed by atoms with Gasteiger partial charge in [0.05, 0.1) is 13.0 Å². The minimum absolute atomic E-state index is 0.0196. The summed E-state index contributed by atoms with van der Waals surface area (Å²) < 4.78 is 0. The summed E-state index contributed by atoms with van der Waals surface area (Å²) >= 11 is 0. The lowest BCUT2D eigenvalue weighted by molar-refractivity contribution is -0.148. The topological polar surface area (TPSA) is 314 Å². The average molecular weight is 854 g/mol. The molecule has 7 atom stereocenters. The summed E-state index contributed by atoms with van der Waals surface area (Å²) in [6.07, 6.45) is 0.931. The summed E-state index contributed by atoms with van der Waals surface area (Å²) in [5.74, 6) is -7.80. The Bertz CT molecular complexity index is 1810. The van der Waals surface area contributed by atoms with Crippen molar-refractivity contribution in [2.75, 3.05) is 26.2 Å². The highest BCUT2D eigenvalue weighted by Gasteiger charge is 2.44. The normalized spacial score (nSPS) is 26.5. The number of hydrogen-bond donors (Lipinski definition) is 10. The number of aliphatic carboxylic acids is 1. The molecule has 61 heavy (non-hydrogen) atoms. The van der Waals surface area contributed by atoms with E-state index in [-0.39, 0.29) is 57.2 Å². The van der Waals surface area contributed by atoms with Crippen LogP contribution in [0.3, 0.4) is 0 Å². The van der Waals surface area contributed by atoms with E-state index in [0.29, 0.717) is 31.2 Å². The fourth-order valence-corrected chi connectivity index (χ4v) is 7.67. The lowest BCUT2D eigenvalue weighted by Crippen LogP contribution is -2.60. The number of nitrogens with zero attached hydrogens (tertiary/aromatic N) is 2. The van der Waals surface area contributed by atoms with E-state index in [9.17, 15) is 48.3 Å². The molecule has 4 rings (SSSR count). The lowest BCUT2D eigenvalue weighted by Gasteiger charge is -2.34. The van der Waals surface area contributed by atoms with Gasteiger partial charge in [0.15, 0.2) is 5.96 Å². The molecule has 21 nitrogen and oxygen atoms in total. The van der Waals surface area contributed by atoms with Crippen LogP contribution in [-0.2, 0) is 49.6 Å². The van der Waals surface area contributed by atoms with Crippen LogP contribution >= 0.6 is 0 Å². The van der Waals surface area contributed by atoms with Crippen LogP contribution < -0.4 is 43.0 Å². The van der Waals surface area contributed by atoms with Gasteiger partial charge in [-0.3, -0.25) is 48.6 Å². The van der Waals surface area contributed by atoms with E-state index < -0.39 is 108 Å². The maximum Gasteiger partial charge on any atom is 0.305 e. The fraction of sp³-hybridized carbons (Fsp3) is 0.600. The van der Waals surface area contributed by atoms with Crippen molar-refractivity contribution in [2.45, 2.75) is 121 Å². The van der Waals surface area contributed by atoms with Gasteiger partial charge in [-0.2, -0.15) is 0 Å². The molecule has 0 saturated carbocycles. The Morgan fingerprint density at radius 3 is 2.03 bits per heavy atom. The van der Waals surface area contributed by atoms with E-state index in [1.54, 1.807) is 30.3 Å². The molecule has 1 aromatic rings. The highest BCUT2D eigenvalue weighted by molar-refractivity contribution is 5.99. The molecular weight excluding hydrogens is 795 g/mol. The number of fused-ring (bicyclic) bond motifs is 2. The van der Waals surface area contributed by atoms with Crippen LogP contribution in [0.5, 0.6) is 0 Å². The number of carbonyl (C=O) groups excluding carboxylic acids is 8. The zero-order valence-corrected chi connectivity index (χ0v) is 34.8. The van der Waals surface area contributed by atoms with Gasteiger partial charge in [-0.05, 0) is 63.4 Å². The van der Waals surface area contributed by atoms with Gasteiger partial charge in [0.2, 0.25) is 47.3 Å². The molecule has 11 N–H and O–H groups in total. The van der Waals surface area contributed by atoms with E-state index in [0.717, 1.165) is 0 Å². The van der Waals surface area contributed by atoms with Crippen molar-refractivity contribution in [3.8, 4) is 0 Å².